The van der Waals surface area contributed by atoms with E-state index in [1.54, 1.807) is 13.0 Å². The maximum Gasteiger partial charge on any atom is 0.433 e. The first-order valence-electron chi connectivity index (χ1n) is 8.50. The van der Waals surface area contributed by atoms with Crippen LogP contribution < -0.4 is 5.32 Å². The second-order valence-corrected chi connectivity index (χ2v) is 6.42. The van der Waals surface area contributed by atoms with E-state index in [1.807, 2.05) is 19.1 Å². The molecule has 1 N–H and O–H groups in total. The quantitative estimate of drug-likeness (QED) is 0.554. The number of carbonyl (C=O) groups excluding carboxylic acids is 1. The summed E-state index contributed by atoms with van der Waals surface area (Å²) in [5.74, 6) is -1.39. The van der Waals surface area contributed by atoms with Gasteiger partial charge in [0.15, 0.2) is 11.5 Å². The molecule has 0 saturated heterocycles. The third-order valence-corrected chi connectivity index (χ3v) is 4.22. The second-order valence-electron chi connectivity index (χ2n) is 6.42. The van der Waals surface area contributed by atoms with Crippen molar-refractivity contribution < 1.29 is 22.4 Å². The van der Waals surface area contributed by atoms with Gasteiger partial charge in [0.2, 0.25) is 5.82 Å². The molecule has 0 atom stereocenters. The molecule has 0 radical (unpaired) electrons. The molecule has 1 amide bonds. The zero-order chi connectivity index (χ0) is 20.8. The Labute approximate surface area is 162 Å². The van der Waals surface area contributed by atoms with Gasteiger partial charge in [-0.25, -0.2) is 4.98 Å². The van der Waals surface area contributed by atoms with E-state index in [1.165, 1.54) is 18.4 Å². The van der Waals surface area contributed by atoms with Gasteiger partial charge in [-0.1, -0.05) is 12.1 Å². The van der Waals surface area contributed by atoms with Crippen molar-refractivity contribution in [3.63, 3.8) is 0 Å². The Morgan fingerprint density at radius 1 is 1.14 bits per heavy atom. The van der Waals surface area contributed by atoms with Crippen LogP contribution in [0.25, 0.3) is 17.2 Å². The Kier molecular flexibility index (Phi) is 4.33. The number of benzene rings is 1. The molecule has 0 bridgehead atoms. The topological polar surface area (TPSA) is 85.3 Å². The summed E-state index contributed by atoms with van der Waals surface area (Å²) in [6, 6.07) is 9.25. The average molecular weight is 401 g/mol. The molecule has 0 aliphatic rings. The molecule has 29 heavy (non-hydrogen) atoms. The summed E-state index contributed by atoms with van der Waals surface area (Å²) in [6.07, 6.45) is -3.42. The van der Waals surface area contributed by atoms with Crippen LogP contribution in [0, 0.1) is 13.8 Å². The van der Waals surface area contributed by atoms with E-state index in [-0.39, 0.29) is 17.2 Å². The SMILES string of the molecule is Cc1ccc(C)c(NC(=O)c2nc3nc(-c4ccco4)cc(C(F)(F)F)n3n2)c1. The van der Waals surface area contributed by atoms with Crippen molar-refractivity contribution in [2.24, 2.45) is 0 Å². The first kappa shape index (κ1) is 18.7. The number of aromatic nitrogens is 4. The highest BCUT2D eigenvalue weighted by Gasteiger charge is 2.36. The third kappa shape index (κ3) is 3.56. The molecule has 4 aromatic rings. The van der Waals surface area contributed by atoms with Gasteiger partial charge in [-0.3, -0.25) is 4.79 Å². The summed E-state index contributed by atoms with van der Waals surface area (Å²) in [5.41, 5.74) is 1.05. The zero-order valence-corrected chi connectivity index (χ0v) is 15.3. The van der Waals surface area contributed by atoms with Gasteiger partial charge in [-0.15, -0.1) is 5.10 Å². The van der Waals surface area contributed by atoms with Crippen molar-refractivity contribution in [1.29, 1.82) is 0 Å². The van der Waals surface area contributed by atoms with E-state index in [2.05, 4.69) is 20.4 Å². The van der Waals surface area contributed by atoms with Gasteiger partial charge in [-0.05, 0) is 49.2 Å². The number of nitrogens with one attached hydrogen (secondary N) is 1. The molecule has 0 aliphatic carbocycles. The fourth-order valence-corrected chi connectivity index (χ4v) is 2.77. The fourth-order valence-electron chi connectivity index (χ4n) is 2.77. The predicted molar refractivity (Wildman–Crippen MR) is 97.4 cm³/mol. The van der Waals surface area contributed by atoms with E-state index < -0.39 is 23.6 Å². The summed E-state index contributed by atoms with van der Waals surface area (Å²) >= 11 is 0. The number of halogens is 3. The smallest absolute Gasteiger partial charge is 0.433 e. The van der Waals surface area contributed by atoms with Crippen LogP contribution in [0.5, 0.6) is 0 Å². The van der Waals surface area contributed by atoms with Crippen molar-refractivity contribution >= 4 is 17.4 Å². The number of furan rings is 1. The summed E-state index contributed by atoms with van der Waals surface area (Å²) < 4.78 is 46.3. The molecule has 0 aliphatic heterocycles. The first-order valence-corrected chi connectivity index (χ1v) is 8.50. The Morgan fingerprint density at radius 2 is 1.93 bits per heavy atom. The monoisotopic (exact) mass is 401 g/mol. The van der Waals surface area contributed by atoms with Crippen LogP contribution in [-0.4, -0.2) is 25.5 Å². The Hall–Kier alpha value is -3.69. The van der Waals surface area contributed by atoms with Crippen LogP contribution in [0.2, 0.25) is 0 Å². The first-order chi connectivity index (χ1) is 13.7. The number of anilines is 1. The molecule has 4 rings (SSSR count). The maximum atomic E-state index is 13.5. The molecule has 0 saturated carbocycles. The normalized spacial score (nSPS) is 11.8. The van der Waals surface area contributed by atoms with Crippen molar-refractivity contribution in [1.82, 2.24) is 19.6 Å². The van der Waals surface area contributed by atoms with Gasteiger partial charge in [0.25, 0.3) is 11.7 Å². The molecule has 148 valence electrons. The van der Waals surface area contributed by atoms with Crippen LogP contribution in [0.4, 0.5) is 18.9 Å². The molecule has 0 unspecified atom stereocenters. The molecular weight excluding hydrogens is 387 g/mol. The van der Waals surface area contributed by atoms with Crippen LogP contribution >= 0.6 is 0 Å². The Bertz CT molecular complexity index is 1210. The summed E-state index contributed by atoms with van der Waals surface area (Å²) in [5, 5.41) is 6.35. The molecule has 7 nitrogen and oxygen atoms in total. The van der Waals surface area contributed by atoms with Crippen molar-refractivity contribution in [2.45, 2.75) is 20.0 Å². The van der Waals surface area contributed by atoms with Crippen LogP contribution in [0.3, 0.4) is 0 Å². The molecule has 10 heteroatoms. The summed E-state index contributed by atoms with van der Waals surface area (Å²) in [6.45, 7) is 3.65. The number of carbonyl (C=O) groups is 1. The number of hydrogen-bond acceptors (Lipinski definition) is 5. The minimum Gasteiger partial charge on any atom is -0.463 e. The van der Waals surface area contributed by atoms with Crippen molar-refractivity contribution in [2.75, 3.05) is 5.32 Å². The summed E-state index contributed by atoms with van der Waals surface area (Å²) in [7, 11) is 0. The maximum absolute atomic E-state index is 13.5. The highest BCUT2D eigenvalue weighted by Crippen LogP contribution is 2.32. The second kappa shape index (κ2) is 6.73. The van der Waals surface area contributed by atoms with Crippen LogP contribution in [-0.2, 0) is 6.18 Å². The predicted octanol–water partition coefficient (Wildman–Crippen LogP) is 4.27. The van der Waals surface area contributed by atoms with Gasteiger partial charge in [-0.2, -0.15) is 22.7 Å². The largest absolute Gasteiger partial charge is 0.463 e. The van der Waals surface area contributed by atoms with E-state index in [4.69, 9.17) is 4.42 Å². The van der Waals surface area contributed by atoms with Gasteiger partial charge in [0, 0.05) is 5.69 Å². The number of rotatable bonds is 3. The third-order valence-electron chi connectivity index (χ3n) is 4.22. The Balaban J connectivity index is 1.78. The lowest BCUT2D eigenvalue weighted by atomic mass is 10.1. The zero-order valence-electron chi connectivity index (χ0n) is 15.3. The van der Waals surface area contributed by atoms with Gasteiger partial charge >= 0.3 is 6.18 Å². The molecular formula is C19H14F3N5O2. The van der Waals surface area contributed by atoms with Crippen LogP contribution in [0.15, 0.2) is 47.1 Å². The van der Waals surface area contributed by atoms with Crippen molar-refractivity contribution in [3.8, 4) is 11.5 Å². The molecule has 3 aromatic heterocycles. The lowest BCUT2D eigenvalue weighted by Crippen LogP contribution is -2.16. The average Bonchev–Trinajstić information content (AvgIpc) is 3.32. The lowest BCUT2D eigenvalue weighted by molar-refractivity contribution is -0.142. The molecule has 0 spiro atoms. The molecule has 3 heterocycles. The molecule has 1 aromatic carbocycles. The van der Waals surface area contributed by atoms with E-state index in [9.17, 15) is 18.0 Å². The highest BCUT2D eigenvalue weighted by atomic mass is 19.4. The number of aryl methyl sites for hydroxylation is 2. The molecule has 0 fully saturated rings. The minimum atomic E-state index is -4.74. The van der Waals surface area contributed by atoms with Gasteiger partial charge in [0.05, 0.1) is 6.26 Å². The lowest BCUT2D eigenvalue weighted by Gasteiger charge is -2.09. The van der Waals surface area contributed by atoms with E-state index >= 15 is 0 Å². The van der Waals surface area contributed by atoms with Gasteiger partial charge < -0.3 is 9.73 Å². The number of fused-ring (bicyclic) bond motifs is 1. The van der Waals surface area contributed by atoms with Gasteiger partial charge in [0.1, 0.15) is 5.69 Å². The fraction of sp³-hybridized carbons (Fsp3) is 0.158. The number of nitrogens with zero attached hydrogens (tertiary/aromatic N) is 4. The number of hydrogen-bond donors (Lipinski definition) is 1. The van der Waals surface area contributed by atoms with E-state index in [0.29, 0.717) is 10.2 Å². The van der Waals surface area contributed by atoms with Crippen molar-refractivity contribution in [3.05, 3.63) is 65.3 Å². The summed E-state index contributed by atoms with van der Waals surface area (Å²) in [4.78, 5) is 20.5. The Morgan fingerprint density at radius 3 is 2.62 bits per heavy atom. The number of alkyl halides is 3. The standard InChI is InChI=1S/C19H14F3N5O2/c1-10-5-6-11(2)12(8-10)23-17(28)16-25-18-24-13(14-4-3-7-29-14)9-15(19(20,21)22)27(18)26-16/h3-9H,1-2H3,(H,23,28). The highest BCUT2D eigenvalue weighted by molar-refractivity contribution is 6.02. The number of amides is 1. The van der Waals surface area contributed by atoms with E-state index in [0.717, 1.165) is 17.2 Å². The van der Waals surface area contributed by atoms with Crippen LogP contribution in [0.1, 0.15) is 27.4 Å². The minimum absolute atomic E-state index is 0.0660.